The van der Waals surface area contributed by atoms with Crippen LogP contribution < -0.4 is 4.74 Å². The van der Waals surface area contributed by atoms with Gasteiger partial charge in [-0.15, -0.1) is 5.10 Å². The molecule has 0 atom stereocenters. The molecule has 0 aliphatic carbocycles. The van der Waals surface area contributed by atoms with Gasteiger partial charge in [0.15, 0.2) is 5.84 Å². The molecule has 2 aliphatic heterocycles. The molecule has 1 aromatic carbocycles. The third-order valence-corrected chi connectivity index (χ3v) is 6.45. The molecule has 1 amide bonds. The number of thioether (sulfide) groups is 1. The molecule has 0 saturated heterocycles. The number of benzene rings is 1. The summed E-state index contributed by atoms with van der Waals surface area (Å²) in [6, 6.07) is 9.25. The highest BCUT2D eigenvalue weighted by molar-refractivity contribution is 8.42. The predicted octanol–water partition coefficient (Wildman–Crippen LogP) is 2.12. The zero-order chi connectivity index (χ0) is 21.5. The molecular weight excluding hydrogens is 432 g/mol. The lowest BCUT2D eigenvalue weighted by Crippen LogP contribution is -2.35. The zero-order valence-corrected chi connectivity index (χ0v) is 16.9. The van der Waals surface area contributed by atoms with Crippen molar-refractivity contribution in [1.82, 2.24) is 5.01 Å². The number of furan rings is 1. The van der Waals surface area contributed by atoms with Crippen LogP contribution in [0.25, 0.3) is 6.08 Å². The van der Waals surface area contributed by atoms with E-state index in [2.05, 4.69) is 10.1 Å². The van der Waals surface area contributed by atoms with Crippen LogP contribution in [0.4, 0.5) is 0 Å². The number of hydrogen-bond donors (Lipinski definition) is 1. The standard InChI is InChI=1S/C18H12N4O6S2/c1-30(25,26)18-21-22-14(19)12(15(23)20-17(22)29-18)9-10-4-6-11(7-5-10)28-16(24)13-3-2-8-27-13/h2-9,19H,1H3/b12-9+,19-14?. The molecule has 0 fully saturated rings. The number of fused-ring (bicyclic) bond motifs is 1. The van der Waals surface area contributed by atoms with Crippen LogP contribution in [-0.2, 0) is 14.6 Å². The number of amides is 1. The monoisotopic (exact) mass is 444 g/mol. The number of ether oxygens (including phenoxy) is 1. The number of aliphatic imine (C=N–C) groups is 1. The summed E-state index contributed by atoms with van der Waals surface area (Å²) in [6.45, 7) is 0. The van der Waals surface area contributed by atoms with E-state index >= 15 is 0 Å². The Labute approximate surface area is 174 Å². The highest BCUT2D eigenvalue weighted by Gasteiger charge is 2.38. The summed E-state index contributed by atoms with van der Waals surface area (Å²) < 4.78 is 33.3. The molecule has 4 rings (SSSR count). The molecule has 10 nitrogen and oxygen atoms in total. The second-order valence-electron chi connectivity index (χ2n) is 6.09. The molecule has 1 N–H and O–H groups in total. The van der Waals surface area contributed by atoms with Crippen molar-refractivity contribution in [3.8, 4) is 5.75 Å². The number of amidine groups is 2. The topological polar surface area (TPSA) is 142 Å². The molecular formula is C18H12N4O6S2. The number of nitrogens with zero attached hydrogens (tertiary/aromatic N) is 3. The fourth-order valence-corrected chi connectivity index (χ4v) is 4.16. The van der Waals surface area contributed by atoms with Crippen molar-refractivity contribution in [2.24, 2.45) is 10.1 Å². The molecule has 2 aromatic rings. The summed E-state index contributed by atoms with van der Waals surface area (Å²) >= 11 is 0.717. The number of rotatable bonds is 3. The molecule has 2 aliphatic rings. The molecule has 0 radical (unpaired) electrons. The van der Waals surface area contributed by atoms with Gasteiger partial charge in [0, 0.05) is 6.26 Å². The lowest BCUT2D eigenvalue weighted by molar-refractivity contribution is -0.114. The highest BCUT2D eigenvalue weighted by Crippen LogP contribution is 2.30. The third kappa shape index (κ3) is 3.82. The number of hydrazone groups is 1. The molecule has 0 saturated carbocycles. The van der Waals surface area contributed by atoms with E-state index in [-0.39, 0.29) is 32.5 Å². The van der Waals surface area contributed by atoms with Gasteiger partial charge in [0.05, 0.1) is 11.8 Å². The van der Waals surface area contributed by atoms with Crippen molar-refractivity contribution in [2.45, 2.75) is 0 Å². The first-order valence-corrected chi connectivity index (χ1v) is 11.0. The fraction of sp³-hybridized carbons (Fsp3) is 0.0556. The van der Waals surface area contributed by atoms with E-state index in [1.807, 2.05) is 0 Å². The van der Waals surface area contributed by atoms with Gasteiger partial charge in [0.25, 0.3) is 5.91 Å². The average Bonchev–Trinajstić information content (AvgIpc) is 3.36. The first-order chi connectivity index (χ1) is 14.2. The van der Waals surface area contributed by atoms with Gasteiger partial charge in [-0.1, -0.05) is 12.1 Å². The minimum absolute atomic E-state index is 0.0164. The van der Waals surface area contributed by atoms with Crippen molar-refractivity contribution in [1.29, 1.82) is 5.41 Å². The van der Waals surface area contributed by atoms with E-state index in [4.69, 9.17) is 14.6 Å². The maximum Gasteiger partial charge on any atom is 0.379 e. The third-order valence-electron chi connectivity index (χ3n) is 3.88. The number of sulfone groups is 1. The van der Waals surface area contributed by atoms with Gasteiger partial charge in [0.1, 0.15) is 5.75 Å². The molecule has 0 spiro atoms. The average molecular weight is 444 g/mol. The van der Waals surface area contributed by atoms with Crippen LogP contribution in [0.15, 0.2) is 62.7 Å². The summed E-state index contributed by atoms with van der Waals surface area (Å²) in [5, 5.41) is 13.1. The van der Waals surface area contributed by atoms with Crippen molar-refractivity contribution in [2.75, 3.05) is 6.26 Å². The van der Waals surface area contributed by atoms with Gasteiger partial charge >= 0.3 is 5.97 Å². The Morgan fingerprint density at radius 1 is 1.27 bits per heavy atom. The maximum atomic E-state index is 12.3. The summed E-state index contributed by atoms with van der Waals surface area (Å²) in [5.74, 6) is -1.29. The Balaban J connectivity index is 1.55. The van der Waals surface area contributed by atoms with E-state index in [1.54, 1.807) is 18.2 Å². The molecule has 30 heavy (non-hydrogen) atoms. The van der Waals surface area contributed by atoms with Crippen molar-refractivity contribution < 1.29 is 27.2 Å². The van der Waals surface area contributed by atoms with E-state index < -0.39 is 21.7 Å². The zero-order valence-electron chi connectivity index (χ0n) is 15.2. The van der Waals surface area contributed by atoms with Crippen LogP contribution in [0.5, 0.6) is 5.75 Å². The number of esters is 1. The lowest BCUT2D eigenvalue weighted by Gasteiger charge is -2.20. The van der Waals surface area contributed by atoms with Crippen molar-refractivity contribution >= 4 is 54.9 Å². The van der Waals surface area contributed by atoms with Gasteiger partial charge < -0.3 is 9.15 Å². The highest BCUT2D eigenvalue weighted by atomic mass is 32.3. The lowest BCUT2D eigenvalue weighted by atomic mass is 10.1. The Morgan fingerprint density at radius 3 is 2.63 bits per heavy atom. The quantitative estimate of drug-likeness (QED) is 0.431. The number of carbonyl (C=O) groups is 2. The van der Waals surface area contributed by atoms with Crippen LogP contribution >= 0.6 is 11.8 Å². The maximum absolute atomic E-state index is 12.3. The SMILES string of the molecule is CS(=O)(=O)C1=NN2C(=N)/C(=C\c3ccc(OC(=O)c4ccco4)cc3)C(=O)N=C2S1. The first-order valence-electron chi connectivity index (χ1n) is 8.28. The molecule has 0 bridgehead atoms. The first kappa shape index (κ1) is 19.8. The minimum Gasteiger partial charge on any atom is -0.457 e. The van der Waals surface area contributed by atoms with Crippen LogP contribution in [0.1, 0.15) is 16.1 Å². The summed E-state index contributed by atoms with van der Waals surface area (Å²) in [7, 11) is -3.59. The summed E-state index contributed by atoms with van der Waals surface area (Å²) in [6.07, 6.45) is 3.76. The van der Waals surface area contributed by atoms with E-state index in [9.17, 15) is 18.0 Å². The predicted molar refractivity (Wildman–Crippen MR) is 110 cm³/mol. The molecule has 1 aromatic heterocycles. The molecule has 152 valence electrons. The van der Waals surface area contributed by atoms with Crippen LogP contribution in [0.2, 0.25) is 0 Å². The summed E-state index contributed by atoms with van der Waals surface area (Å²) in [5.41, 5.74) is 0.483. The van der Waals surface area contributed by atoms with Crippen LogP contribution in [-0.4, -0.2) is 46.9 Å². The van der Waals surface area contributed by atoms with Crippen molar-refractivity contribution in [3.05, 3.63) is 59.6 Å². The Bertz CT molecular complexity index is 1260. The van der Waals surface area contributed by atoms with Gasteiger partial charge in [0.2, 0.25) is 25.1 Å². The minimum atomic E-state index is -3.59. The Morgan fingerprint density at radius 2 is 2.00 bits per heavy atom. The second-order valence-corrected chi connectivity index (χ2v) is 9.24. The number of hydrogen-bond acceptors (Lipinski definition) is 9. The van der Waals surface area contributed by atoms with E-state index in [0.717, 1.165) is 11.3 Å². The molecule has 3 heterocycles. The van der Waals surface area contributed by atoms with Gasteiger partial charge in [-0.3, -0.25) is 10.2 Å². The van der Waals surface area contributed by atoms with Gasteiger partial charge in [-0.2, -0.15) is 10.0 Å². The van der Waals surface area contributed by atoms with Crippen molar-refractivity contribution in [3.63, 3.8) is 0 Å². The Hall–Kier alpha value is -3.51. The fourth-order valence-electron chi connectivity index (χ4n) is 2.48. The van der Waals surface area contributed by atoms with Crippen LogP contribution in [0.3, 0.4) is 0 Å². The normalized spacial score (nSPS) is 17.6. The van der Waals surface area contributed by atoms with Gasteiger partial charge in [-0.25, -0.2) is 13.2 Å². The van der Waals surface area contributed by atoms with Crippen LogP contribution in [0, 0.1) is 5.41 Å². The molecule has 0 unspecified atom stereocenters. The van der Waals surface area contributed by atoms with Gasteiger partial charge in [-0.05, 0) is 47.7 Å². The Kier molecular flexibility index (Phi) is 4.87. The smallest absolute Gasteiger partial charge is 0.379 e. The van der Waals surface area contributed by atoms with E-state index in [0.29, 0.717) is 17.3 Å². The molecule has 12 heteroatoms. The largest absolute Gasteiger partial charge is 0.457 e. The number of nitrogens with one attached hydrogen (secondary N) is 1. The summed E-state index contributed by atoms with van der Waals surface area (Å²) in [4.78, 5) is 28.0. The number of carbonyl (C=O) groups excluding carboxylic acids is 2. The van der Waals surface area contributed by atoms with E-state index in [1.165, 1.54) is 30.5 Å². The second kappa shape index (κ2) is 7.39.